The highest BCUT2D eigenvalue weighted by molar-refractivity contribution is 6.35. The second-order valence-corrected chi connectivity index (χ2v) is 7.31. The fourth-order valence-electron chi connectivity index (χ4n) is 3.46. The Kier molecular flexibility index (Phi) is 5.94. The molecule has 1 aromatic heterocycles. The van der Waals surface area contributed by atoms with Crippen LogP contribution in [0.15, 0.2) is 48.7 Å². The molecule has 150 valence electrons. The number of morpholine rings is 1. The van der Waals surface area contributed by atoms with Crippen molar-refractivity contribution in [3.8, 4) is 11.5 Å². The lowest BCUT2D eigenvalue weighted by Crippen LogP contribution is -3.12. The first kappa shape index (κ1) is 19.6. The second kappa shape index (κ2) is 8.78. The number of pyridine rings is 1. The van der Waals surface area contributed by atoms with Crippen LogP contribution in [0.1, 0.15) is 15.9 Å². The molecule has 0 atom stereocenters. The van der Waals surface area contributed by atoms with Gasteiger partial charge in [0.25, 0.3) is 0 Å². The predicted molar refractivity (Wildman–Crippen MR) is 110 cm³/mol. The number of nitrogens with zero attached hydrogens (tertiary/aromatic N) is 1. The van der Waals surface area contributed by atoms with Crippen molar-refractivity contribution in [3.05, 3.63) is 64.8 Å². The predicted octanol–water partition coefficient (Wildman–Crippen LogP) is 2.53. The minimum absolute atomic E-state index is 0.439. The fraction of sp³-hybridized carbons (Fsp3) is 0.273. The highest BCUT2D eigenvalue weighted by Gasteiger charge is 2.22. The normalized spacial score (nSPS) is 14.7. The Morgan fingerprint density at radius 1 is 1.21 bits per heavy atom. The average molecular weight is 414 g/mol. The van der Waals surface area contributed by atoms with E-state index in [0.717, 1.165) is 37.3 Å². The van der Waals surface area contributed by atoms with Gasteiger partial charge in [-0.3, -0.25) is 4.98 Å². The van der Waals surface area contributed by atoms with Gasteiger partial charge in [-0.1, -0.05) is 11.6 Å². The summed E-state index contributed by atoms with van der Waals surface area (Å²) >= 11 is 6.51. The molecular weight excluding hydrogens is 392 g/mol. The number of esters is 1. The fourth-order valence-corrected chi connectivity index (χ4v) is 3.74. The third kappa shape index (κ3) is 4.34. The zero-order valence-electron chi connectivity index (χ0n) is 16.1. The number of quaternary nitrogens is 1. The molecule has 2 aromatic carbocycles. The minimum Gasteiger partial charge on any atom is -0.497 e. The molecule has 0 bridgehead atoms. The zero-order valence-corrected chi connectivity index (χ0v) is 16.9. The summed E-state index contributed by atoms with van der Waals surface area (Å²) in [5, 5.41) is 1.35. The van der Waals surface area contributed by atoms with E-state index < -0.39 is 5.97 Å². The van der Waals surface area contributed by atoms with E-state index in [1.54, 1.807) is 37.6 Å². The van der Waals surface area contributed by atoms with Gasteiger partial charge in [0.05, 0.1) is 36.5 Å². The number of ether oxygens (including phenoxy) is 3. The van der Waals surface area contributed by atoms with Crippen LogP contribution in [-0.2, 0) is 11.3 Å². The van der Waals surface area contributed by atoms with Gasteiger partial charge in [0.2, 0.25) is 0 Å². The van der Waals surface area contributed by atoms with Crippen LogP contribution in [0.5, 0.6) is 11.5 Å². The van der Waals surface area contributed by atoms with Crippen LogP contribution in [0, 0.1) is 0 Å². The number of nitrogens with one attached hydrogen (secondary N) is 1. The van der Waals surface area contributed by atoms with Crippen molar-refractivity contribution < 1.29 is 23.9 Å². The van der Waals surface area contributed by atoms with Gasteiger partial charge in [0, 0.05) is 11.6 Å². The number of methoxy groups -OCH3 is 1. The molecule has 29 heavy (non-hydrogen) atoms. The number of rotatable bonds is 5. The lowest BCUT2D eigenvalue weighted by molar-refractivity contribution is -0.921. The van der Waals surface area contributed by atoms with E-state index in [9.17, 15) is 4.79 Å². The van der Waals surface area contributed by atoms with E-state index in [-0.39, 0.29) is 0 Å². The molecule has 0 unspecified atom stereocenters. The largest absolute Gasteiger partial charge is 0.497 e. The van der Waals surface area contributed by atoms with E-state index in [2.05, 4.69) is 4.98 Å². The van der Waals surface area contributed by atoms with Crippen molar-refractivity contribution in [3.63, 3.8) is 0 Å². The topological polar surface area (TPSA) is 62.1 Å². The van der Waals surface area contributed by atoms with Crippen LogP contribution >= 0.6 is 11.6 Å². The van der Waals surface area contributed by atoms with Crippen LogP contribution in [-0.4, -0.2) is 44.4 Å². The molecule has 0 radical (unpaired) electrons. The Hall–Kier alpha value is -2.67. The van der Waals surface area contributed by atoms with Gasteiger partial charge < -0.3 is 19.1 Å². The molecule has 1 saturated heterocycles. The van der Waals surface area contributed by atoms with E-state index in [1.807, 2.05) is 18.2 Å². The van der Waals surface area contributed by atoms with Crippen LogP contribution in [0.2, 0.25) is 5.02 Å². The third-order valence-electron chi connectivity index (χ3n) is 5.03. The number of fused-ring (bicyclic) bond motifs is 1. The molecule has 4 rings (SSSR count). The maximum absolute atomic E-state index is 12.8. The summed E-state index contributed by atoms with van der Waals surface area (Å²) < 4.78 is 16.5. The Bertz CT molecular complexity index is 1020. The van der Waals surface area contributed by atoms with Crippen LogP contribution in [0.3, 0.4) is 0 Å². The summed E-state index contributed by atoms with van der Waals surface area (Å²) in [6.45, 7) is 3.90. The lowest BCUT2D eigenvalue weighted by atomic mass is 10.1. The summed E-state index contributed by atoms with van der Waals surface area (Å²) in [5.41, 5.74) is 1.89. The summed E-state index contributed by atoms with van der Waals surface area (Å²) in [7, 11) is 1.58. The van der Waals surface area contributed by atoms with E-state index in [4.69, 9.17) is 25.8 Å². The van der Waals surface area contributed by atoms with Crippen molar-refractivity contribution in [2.75, 3.05) is 33.4 Å². The average Bonchev–Trinajstić information content (AvgIpc) is 2.77. The molecule has 0 saturated carbocycles. The maximum Gasteiger partial charge on any atom is 0.343 e. The van der Waals surface area contributed by atoms with Crippen molar-refractivity contribution in [2.24, 2.45) is 0 Å². The quantitative estimate of drug-likeness (QED) is 0.514. The summed E-state index contributed by atoms with van der Waals surface area (Å²) in [4.78, 5) is 18.6. The van der Waals surface area contributed by atoms with Gasteiger partial charge in [0.1, 0.15) is 30.9 Å². The number of halogens is 1. The van der Waals surface area contributed by atoms with Gasteiger partial charge >= 0.3 is 5.97 Å². The van der Waals surface area contributed by atoms with Gasteiger partial charge in [-0.2, -0.15) is 0 Å². The summed E-state index contributed by atoms with van der Waals surface area (Å²) in [5.74, 6) is 0.696. The molecule has 7 heteroatoms. The lowest BCUT2D eigenvalue weighted by Gasteiger charge is -2.25. The molecule has 1 aliphatic heterocycles. The van der Waals surface area contributed by atoms with Crippen molar-refractivity contribution in [2.45, 2.75) is 6.54 Å². The van der Waals surface area contributed by atoms with E-state index >= 15 is 0 Å². The summed E-state index contributed by atoms with van der Waals surface area (Å²) in [6, 6.07) is 12.4. The van der Waals surface area contributed by atoms with Gasteiger partial charge in [-0.05, 0) is 42.5 Å². The van der Waals surface area contributed by atoms with Crippen LogP contribution < -0.4 is 14.4 Å². The molecular formula is C22H22ClN2O4+. The maximum atomic E-state index is 12.8. The molecule has 2 heterocycles. The smallest absolute Gasteiger partial charge is 0.343 e. The number of aromatic nitrogens is 1. The second-order valence-electron chi connectivity index (χ2n) is 6.90. The third-order valence-corrected chi connectivity index (χ3v) is 5.35. The zero-order chi connectivity index (χ0) is 20.2. The number of benzene rings is 2. The molecule has 0 aliphatic carbocycles. The standard InChI is InChI=1S/C22H21ClN2O4/c1-27-17-6-4-15(5-7-17)22(26)29-21-16(14-25-9-11-28-12-10-25)13-19(23)18-3-2-8-24-20(18)21/h2-8,13H,9-12,14H2,1H3/p+1. The van der Waals surface area contributed by atoms with Crippen LogP contribution in [0.25, 0.3) is 10.9 Å². The molecule has 6 nitrogen and oxygen atoms in total. The highest BCUT2D eigenvalue weighted by Crippen LogP contribution is 2.34. The Morgan fingerprint density at radius 2 is 1.97 bits per heavy atom. The molecule has 1 fully saturated rings. The number of hydrogen-bond acceptors (Lipinski definition) is 5. The highest BCUT2D eigenvalue weighted by atomic mass is 35.5. The Balaban J connectivity index is 1.70. The first-order valence-electron chi connectivity index (χ1n) is 9.49. The summed E-state index contributed by atoms with van der Waals surface area (Å²) in [6.07, 6.45) is 1.68. The monoisotopic (exact) mass is 413 g/mol. The van der Waals surface area contributed by atoms with Crippen molar-refractivity contribution in [1.82, 2.24) is 4.98 Å². The molecule has 1 N–H and O–H groups in total. The van der Waals surface area contributed by atoms with Crippen molar-refractivity contribution >= 4 is 28.5 Å². The van der Waals surface area contributed by atoms with Crippen molar-refractivity contribution in [1.29, 1.82) is 0 Å². The van der Waals surface area contributed by atoms with Crippen LogP contribution in [0.4, 0.5) is 0 Å². The molecule has 0 spiro atoms. The molecule has 0 amide bonds. The number of carbonyl (C=O) groups excluding carboxylic acids is 1. The minimum atomic E-state index is -0.444. The van der Waals surface area contributed by atoms with Gasteiger partial charge in [0.15, 0.2) is 5.75 Å². The first-order valence-corrected chi connectivity index (χ1v) is 9.87. The number of carbonyl (C=O) groups is 1. The van der Waals surface area contributed by atoms with E-state index in [1.165, 1.54) is 4.90 Å². The Labute approximate surface area is 174 Å². The first-order chi connectivity index (χ1) is 14.2. The Morgan fingerprint density at radius 3 is 2.69 bits per heavy atom. The molecule has 1 aliphatic rings. The van der Waals surface area contributed by atoms with Gasteiger partial charge in [-0.15, -0.1) is 0 Å². The number of hydrogen-bond donors (Lipinski definition) is 1. The SMILES string of the molecule is COc1ccc(C(=O)Oc2c(C[NH+]3CCOCC3)cc(Cl)c3cccnc23)cc1. The molecule has 3 aromatic rings. The van der Waals surface area contributed by atoms with E-state index in [0.29, 0.717) is 34.1 Å². The van der Waals surface area contributed by atoms with Gasteiger partial charge in [-0.25, -0.2) is 4.79 Å².